The number of rotatable bonds is 2. The lowest BCUT2D eigenvalue weighted by molar-refractivity contribution is -0.142. The van der Waals surface area contributed by atoms with Crippen molar-refractivity contribution in [3.8, 4) is 18.2 Å². The van der Waals surface area contributed by atoms with Crippen LogP contribution in [0.2, 0.25) is 0 Å². The second-order valence-electron chi connectivity index (χ2n) is 3.97. The summed E-state index contributed by atoms with van der Waals surface area (Å²) in [4.78, 5) is 0. The predicted molar refractivity (Wildman–Crippen MR) is 63.9 cm³/mol. The van der Waals surface area contributed by atoms with Crippen molar-refractivity contribution in [3.63, 3.8) is 0 Å². The number of nitrogens with zero attached hydrogens (tertiary/aromatic N) is 3. The average Bonchev–Trinajstić information content (AvgIpc) is 2.45. The molecule has 0 spiro atoms. The third-order valence-electron chi connectivity index (χ3n) is 2.50. The van der Waals surface area contributed by atoms with Crippen LogP contribution in [0.4, 0.5) is 32.0 Å². The highest BCUT2D eigenvalue weighted by Crippen LogP contribution is 2.39. The van der Waals surface area contributed by atoms with Gasteiger partial charge in [-0.25, -0.2) is 0 Å². The Morgan fingerprint density at radius 2 is 1.43 bits per heavy atom. The third kappa shape index (κ3) is 4.14. The summed E-state index contributed by atoms with van der Waals surface area (Å²) in [6.45, 7) is 0. The summed E-state index contributed by atoms with van der Waals surface area (Å²) in [5.41, 5.74) is -5.71. The lowest BCUT2D eigenvalue weighted by Gasteiger charge is -2.16. The van der Waals surface area contributed by atoms with Crippen molar-refractivity contribution in [1.29, 1.82) is 15.8 Å². The zero-order valence-corrected chi connectivity index (χ0v) is 10.8. The van der Waals surface area contributed by atoms with Gasteiger partial charge in [0, 0.05) is 0 Å². The molecule has 0 amide bonds. The summed E-state index contributed by atoms with van der Waals surface area (Å²) >= 11 is 0. The van der Waals surface area contributed by atoms with Gasteiger partial charge in [-0.05, 0) is 18.2 Å². The number of alkyl halides is 6. The van der Waals surface area contributed by atoms with Crippen molar-refractivity contribution >= 4 is 5.69 Å². The molecular formula is C13H4F6N4. The maximum Gasteiger partial charge on any atom is 0.418 e. The van der Waals surface area contributed by atoms with Gasteiger partial charge in [0.1, 0.15) is 23.9 Å². The lowest BCUT2D eigenvalue weighted by atomic mass is 10.1. The van der Waals surface area contributed by atoms with Crippen molar-refractivity contribution < 1.29 is 26.3 Å². The Kier molecular flexibility index (Phi) is 4.88. The van der Waals surface area contributed by atoms with Gasteiger partial charge in [0.25, 0.3) is 0 Å². The van der Waals surface area contributed by atoms with Gasteiger partial charge < -0.3 is 5.32 Å². The minimum atomic E-state index is -5.15. The second-order valence-corrected chi connectivity index (χ2v) is 3.97. The van der Waals surface area contributed by atoms with Gasteiger partial charge in [-0.1, -0.05) is 0 Å². The molecule has 0 unspecified atom stereocenters. The van der Waals surface area contributed by atoms with Crippen molar-refractivity contribution in [2.45, 2.75) is 12.4 Å². The molecule has 1 aromatic rings. The highest BCUT2D eigenvalue weighted by molar-refractivity contribution is 5.63. The Labute approximate surface area is 125 Å². The molecule has 0 aliphatic rings. The number of nitrogens with one attached hydrogen (secondary N) is 1. The minimum Gasteiger partial charge on any atom is -0.345 e. The summed E-state index contributed by atoms with van der Waals surface area (Å²) in [7, 11) is 0. The summed E-state index contributed by atoms with van der Waals surface area (Å²) in [5.74, 6) is 0. The van der Waals surface area contributed by atoms with Crippen LogP contribution >= 0.6 is 0 Å². The second kappa shape index (κ2) is 6.29. The van der Waals surface area contributed by atoms with Crippen LogP contribution in [0, 0.1) is 34.0 Å². The van der Waals surface area contributed by atoms with Crippen molar-refractivity contribution in [2.24, 2.45) is 0 Å². The molecule has 0 aliphatic heterocycles. The number of hydrogen-bond donors (Lipinski definition) is 1. The quantitative estimate of drug-likeness (QED) is 0.657. The van der Waals surface area contributed by atoms with E-state index in [4.69, 9.17) is 15.8 Å². The fraction of sp³-hybridized carbons (Fsp3) is 0.154. The normalized spacial score (nSPS) is 10.9. The summed E-state index contributed by atoms with van der Waals surface area (Å²) < 4.78 is 76.3. The van der Waals surface area contributed by atoms with E-state index in [2.05, 4.69) is 0 Å². The zero-order chi connectivity index (χ0) is 17.8. The number of hydrogen-bond acceptors (Lipinski definition) is 4. The van der Waals surface area contributed by atoms with Gasteiger partial charge in [-0.2, -0.15) is 42.1 Å². The highest BCUT2D eigenvalue weighted by atomic mass is 19.4. The summed E-state index contributed by atoms with van der Waals surface area (Å²) in [6.07, 6.45) is -10.1. The molecule has 1 N–H and O–H groups in total. The first kappa shape index (κ1) is 17.9. The van der Waals surface area contributed by atoms with Gasteiger partial charge in [-0.15, -0.1) is 0 Å². The van der Waals surface area contributed by atoms with Crippen LogP contribution in [-0.2, 0) is 12.4 Å². The molecular weight excluding hydrogens is 326 g/mol. The first-order chi connectivity index (χ1) is 10.5. The summed E-state index contributed by atoms with van der Waals surface area (Å²) in [6, 6.07) is 4.61. The molecule has 10 heteroatoms. The van der Waals surface area contributed by atoms with Crippen LogP contribution in [-0.4, -0.2) is 0 Å². The third-order valence-corrected chi connectivity index (χ3v) is 2.50. The number of nitriles is 3. The topological polar surface area (TPSA) is 83.4 Å². The molecule has 0 fully saturated rings. The molecule has 0 bridgehead atoms. The van der Waals surface area contributed by atoms with Crippen LogP contribution in [0.3, 0.4) is 0 Å². The fourth-order valence-electron chi connectivity index (χ4n) is 1.48. The van der Waals surface area contributed by atoms with Crippen LogP contribution in [0.15, 0.2) is 29.5 Å². The van der Waals surface area contributed by atoms with E-state index in [9.17, 15) is 26.3 Å². The molecule has 0 saturated heterocycles. The smallest absolute Gasteiger partial charge is 0.345 e. The molecule has 0 aliphatic carbocycles. The van der Waals surface area contributed by atoms with E-state index in [0.29, 0.717) is 12.1 Å². The first-order valence-corrected chi connectivity index (χ1v) is 5.54. The lowest BCUT2D eigenvalue weighted by Crippen LogP contribution is -2.14. The Morgan fingerprint density at radius 1 is 0.870 bits per heavy atom. The van der Waals surface area contributed by atoms with Crippen molar-refractivity contribution in [1.82, 2.24) is 0 Å². The van der Waals surface area contributed by atoms with E-state index in [0.717, 1.165) is 0 Å². The maximum absolute atomic E-state index is 12.9. The fourth-order valence-corrected chi connectivity index (χ4v) is 1.48. The monoisotopic (exact) mass is 330 g/mol. The van der Waals surface area contributed by atoms with E-state index in [-0.39, 0.29) is 6.07 Å². The largest absolute Gasteiger partial charge is 0.418 e. The number of anilines is 1. The molecule has 1 rings (SSSR count). The Hall–Kier alpha value is -3.19. The van der Waals surface area contributed by atoms with Crippen LogP contribution < -0.4 is 5.32 Å². The van der Waals surface area contributed by atoms with Crippen molar-refractivity contribution in [3.05, 3.63) is 40.6 Å². The number of halogens is 6. The van der Waals surface area contributed by atoms with Gasteiger partial charge in [0.2, 0.25) is 0 Å². The Bertz CT molecular complexity index is 752. The first-order valence-electron chi connectivity index (χ1n) is 5.54. The molecule has 4 nitrogen and oxygen atoms in total. The molecule has 0 heterocycles. The van der Waals surface area contributed by atoms with Crippen molar-refractivity contribution in [2.75, 3.05) is 5.32 Å². The van der Waals surface area contributed by atoms with Gasteiger partial charge in [0.05, 0.1) is 16.8 Å². The molecule has 0 aromatic heterocycles. The highest BCUT2D eigenvalue weighted by Gasteiger charge is 2.38. The van der Waals surface area contributed by atoms with Gasteiger partial charge in [-0.3, -0.25) is 0 Å². The molecule has 23 heavy (non-hydrogen) atoms. The molecule has 0 atom stereocenters. The Morgan fingerprint density at radius 3 is 1.83 bits per heavy atom. The number of benzene rings is 1. The van der Waals surface area contributed by atoms with E-state index in [1.807, 2.05) is 5.32 Å². The average molecular weight is 330 g/mol. The molecule has 0 saturated carbocycles. The standard InChI is InChI=1S/C13H4F6N4/c14-12(15,16)8-1-2-10(9(3-8)13(17,18)19)23-11(6-22)7(4-20)5-21/h1-3,23H. The van der Waals surface area contributed by atoms with Gasteiger partial charge in [0.15, 0.2) is 5.57 Å². The van der Waals surface area contributed by atoms with E-state index >= 15 is 0 Å². The van der Waals surface area contributed by atoms with Crippen LogP contribution in [0.25, 0.3) is 0 Å². The van der Waals surface area contributed by atoms with Crippen LogP contribution in [0.5, 0.6) is 0 Å². The van der Waals surface area contributed by atoms with Gasteiger partial charge >= 0.3 is 12.4 Å². The van der Waals surface area contributed by atoms with E-state index in [1.54, 1.807) is 0 Å². The van der Waals surface area contributed by atoms with E-state index < -0.39 is 40.4 Å². The molecule has 1 aromatic carbocycles. The maximum atomic E-state index is 12.9. The predicted octanol–water partition coefficient (Wildman–Crippen LogP) is 3.96. The Balaban J connectivity index is 3.51. The van der Waals surface area contributed by atoms with E-state index in [1.165, 1.54) is 18.2 Å². The number of allylic oxidation sites excluding steroid dienone is 2. The molecule has 118 valence electrons. The summed E-state index contributed by atoms with van der Waals surface area (Å²) in [5, 5.41) is 27.8. The zero-order valence-electron chi connectivity index (χ0n) is 10.8. The minimum absolute atomic E-state index is 0.129. The SMILES string of the molecule is N#CC(C#N)=C(C#N)Nc1ccc(C(F)(F)F)cc1C(F)(F)F. The molecule has 0 radical (unpaired) electrons. The van der Waals surface area contributed by atoms with Crippen LogP contribution in [0.1, 0.15) is 11.1 Å².